The molecule has 0 aliphatic rings. The number of carboxylic acid groups (broad SMARTS) is 1. The van der Waals surface area contributed by atoms with Crippen LogP contribution in [0.25, 0.3) is 0 Å². The van der Waals surface area contributed by atoms with Crippen molar-refractivity contribution >= 4 is 25.7 Å². The summed E-state index contributed by atoms with van der Waals surface area (Å²) in [6.07, 6.45) is 0. The molecule has 0 spiro atoms. The third kappa shape index (κ3) is 2.45. The van der Waals surface area contributed by atoms with Crippen LogP contribution in [0.1, 0.15) is 15.9 Å². The molecule has 1 aromatic carbocycles. The fraction of sp³-hybridized carbons (Fsp3) is 0.222. The fourth-order valence-electron chi connectivity index (χ4n) is 1.25. The number of methoxy groups -OCH3 is 1. The Hall–Kier alpha value is -1.27. The minimum atomic E-state index is -3.99. The molecule has 16 heavy (non-hydrogen) atoms. The quantitative estimate of drug-likeness (QED) is 0.839. The zero-order chi connectivity index (χ0) is 12.5. The van der Waals surface area contributed by atoms with Gasteiger partial charge in [-0.05, 0) is 19.1 Å². The average molecular weight is 265 g/mol. The first kappa shape index (κ1) is 12.8. The summed E-state index contributed by atoms with van der Waals surface area (Å²) < 4.78 is 27.3. The van der Waals surface area contributed by atoms with Gasteiger partial charge in [0.25, 0.3) is 9.05 Å². The summed E-state index contributed by atoms with van der Waals surface area (Å²) in [5.74, 6) is -1.08. The molecule has 1 rings (SSSR count). The molecule has 1 N–H and O–H groups in total. The monoisotopic (exact) mass is 264 g/mol. The third-order valence-electron chi connectivity index (χ3n) is 2.04. The zero-order valence-electron chi connectivity index (χ0n) is 8.52. The number of aromatic carboxylic acids is 1. The van der Waals surface area contributed by atoms with E-state index in [2.05, 4.69) is 0 Å². The number of hydrogen-bond donors (Lipinski definition) is 1. The van der Waals surface area contributed by atoms with Gasteiger partial charge in [0.1, 0.15) is 5.75 Å². The molecule has 0 bridgehead atoms. The molecule has 0 heterocycles. The van der Waals surface area contributed by atoms with Crippen molar-refractivity contribution in [2.75, 3.05) is 7.11 Å². The molecule has 0 aliphatic carbocycles. The van der Waals surface area contributed by atoms with Crippen LogP contribution in [0.2, 0.25) is 0 Å². The highest BCUT2D eigenvalue weighted by Crippen LogP contribution is 2.29. The fourth-order valence-corrected chi connectivity index (χ4v) is 2.47. The van der Waals surface area contributed by atoms with Crippen LogP contribution < -0.4 is 4.74 Å². The van der Waals surface area contributed by atoms with Crippen molar-refractivity contribution in [2.45, 2.75) is 11.8 Å². The molecule has 0 radical (unpaired) electrons. The van der Waals surface area contributed by atoms with Crippen molar-refractivity contribution < 1.29 is 23.1 Å². The van der Waals surface area contributed by atoms with E-state index in [0.717, 1.165) is 6.07 Å². The minimum absolute atomic E-state index is 0.166. The number of hydrogen-bond acceptors (Lipinski definition) is 4. The van der Waals surface area contributed by atoms with Crippen molar-refractivity contribution in [1.82, 2.24) is 0 Å². The number of halogens is 1. The molecule has 0 aliphatic heterocycles. The minimum Gasteiger partial charge on any atom is -0.496 e. The van der Waals surface area contributed by atoms with E-state index in [9.17, 15) is 13.2 Å². The summed E-state index contributed by atoms with van der Waals surface area (Å²) >= 11 is 0. The van der Waals surface area contributed by atoms with Gasteiger partial charge >= 0.3 is 5.97 Å². The lowest BCUT2D eigenvalue weighted by atomic mass is 10.1. The third-order valence-corrected chi connectivity index (χ3v) is 3.49. The molecule has 0 amide bonds. The second-order valence-corrected chi connectivity index (χ2v) is 5.58. The van der Waals surface area contributed by atoms with Crippen LogP contribution in [0.3, 0.4) is 0 Å². The van der Waals surface area contributed by atoms with Gasteiger partial charge in [-0.25, -0.2) is 13.2 Å². The highest BCUT2D eigenvalue weighted by atomic mass is 35.7. The maximum absolute atomic E-state index is 11.2. The van der Waals surface area contributed by atoms with Crippen molar-refractivity contribution in [2.24, 2.45) is 0 Å². The zero-order valence-corrected chi connectivity index (χ0v) is 10.1. The van der Waals surface area contributed by atoms with Gasteiger partial charge < -0.3 is 9.84 Å². The number of benzene rings is 1. The van der Waals surface area contributed by atoms with Gasteiger partial charge in [0, 0.05) is 16.2 Å². The largest absolute Gasteiger partial charge is 0.496 e. The van der Waals surface area contributed by atoms with Gasteiger partial charge in [-0.2, -0.15) is 0 Å². The topological polar surface area (TPSA) is 80.7 Å². The number of ether oxygens (including phenoxy) is 1. The summed E-state index contributed by atoms with van der Waals surface area (Å²) in [5, 5.41) is 8.79. The van der Waals surface area contributed by atoms with Crippen molar-refractivity contribution in [3.63, 3.8) is 0 Å². The Kier molecular flexibility index (Phi) is 3.44. The van der Waals surface area contributed by atoms with Gasteiger partial charge in [0.15, 0.2) is 0 Å². The van der Waals surface area contributed by atoms with Crippen LogP contribution in [0, 0.1) is 6.92 Å². The van der Waals surface area contributed by atoms with Gasteiger partial charge in [-0.1, -0.05) is 0 Å². The first-order chi connectivity index (χ1) is 7.27. The first-order valence-corrected chi connectivity index (χ1v) is 6.45. The Morgan fingerprint density at radius 2 is 2.00 bits per heavy atom. The molecule has 7 heteroatoms. The second-order valence-electron chi connectivity index (χ2n) is 3.04. The van der Waals surface area contributed by atoms with Crippen LogP contribution in [-0.4, -0.2) is 26.6 Å². The first-order valence-electron chi connectivity index (χ1n) is 4.14. The molecule has 5 nitrogen and oxygen atoms in total. The van der Waals surface area contributed by atoms with Gasteiger partial charge in [0.05, 0.1) is 17.6 Å². The van der Waals surface area contributed by atoms with E-state index >= 15 is 0 Å². The smallest absolute Gasteiger partial charge is 0.335 e. The molecule has 0 unspecified atom stereocenters. The van der Waals surface area contributed by atoms with E-state index in [1.54, 1.807) is 0 Å². The van der Waals surface area contributed by atoms with Gasteiger partial charge in [-0.3, -0.25) is 0 Å². The summed E-state index contributed by atoms with van der Waals surface area (Å²) in [5.41, 5.74) is 0.0872. The van der Waals surface area contributed by atoms with Crippen LogP contribution >= 0.6 is 10.7 Å². The van der Waals surface area contributed by atoms with Crippen LogP contribution in [0.4, 0.5) is 0 Å². The van der Waals surface area contributed by atoms with E-state index in [4.69, 9.17) is 20.5 Å². The van der Waals surface area contributed by atoms with Crippen LogP contribution in [0.5, 0.6) is 5.75 Å². The highest BCUT2D eigenvalue weighted by molar-refractivity contribution is 8.13. The Labute approximate surface area is 97.0 Å². The summed E-state index contributed by atoms with van der Waals surface area (Å²) in [7, 11) is 2.52. The molecular formula is C9H9ClO5S. The highest BCUT2D eigenvalue weighted by Gasteiger charge is 2.20. The standard InChI is InChI=1S/C9H9ClO5S/c1-5-7(15-2)3-6(9(11)12)4-8(5)16(10,13)14/h3-4H,1-2H3,(H,11,12). The molecule has 0 atom stereocenters. The van der Waals surface area contributed by atoms with Crippen molar-refractivity contribution in [3.8, 4) is 5.75 Å². The summed E-state index contributed by atoms with van der Waals surface area (Å²) in [6, 6.07) is 2.24. The van der Waals surface area contributed by atoms with E-state index < -0.39 is 15.0 Å². The van der Waals surface area contributed by atoms with E-state index in [0.29, 0.717) is 0 Å². The number of carbonyl (C=O) groups is 1. The van der Waals surface area contributed by atoms with Gasteiger partial charge in [-0.15, -0.1) is 0 Å². The van der Waals surface area contributed by atoms with E-state index in [1.165, 1.54) is 20.1 Å². The van der Waals surface area contributed by atoms with Gasteiger partial charge in [0.2, 0.25) is 0 Å². The molecule has 0 fully saturated rings. The van der Waals surface area contributed by atoms with E-state index in [1.807, 2.05) is 0 Å². The maximum atomic E-state index is 11.2. The normalized spacial score (nSPS) is 11.2. The summed E-state index contributed by atoms with van der Waals surface area (Å²) in [6.45, 7) is 1.49. The number of carboxylic acids is 1. The molecule has 0 saturated heterocycles. The summed E-state index contributed by atoms with van der Waals surface area (Å²) in [4.78, 5) is 10.5. The van der Waals surface area contributed by atoms with E-state index in [-0.39, 0.29) is 21.8 Å². The lowest BCUT2D eigenvalue weighted by Gasteiger charge is -2.09. The molecule has 88 valence electrons. The second kappa shape index (κ2) is 4.31. The Balaban J connectivity index is 3.61. The van der Waals surface area contributed by atoms with Crippen LogP contribution in [0.15, 0.2) is 17.0 Å². The molecule has 1 aromatic rings. The Morgan fingerprint density at radius 1 is 1.44 bits per heavy atom. The molecule has 0 aromatic heterocycles. The number of rotatable bonds is 3. The Morgan fingerprint density at radius 3 is 2.38 bits per heavy atom. The predicted molar refractivity (Wildman–Crippen MR) is 57.7 cm³/mol. The Bertz CT molecular complexity index is 535. The van der Waals surface area contributed by atoms with Crippen LogP contribution in [-0.2, 0) is 9.05 Å². The maximum Gasteiger partial charge on any atom is 0.335 e. The predicted octanol–water partition coefficient (Wildman–Crippen LogP) is 1.63. The van der Waals surface area contributed by atoms with Crippen molar-refractivity contribution in [1.29, 1.82) is 0 Å². The lowest BCUT2D eigenvalue weighted by Crippen LogP contribution is -2.03. The lowest BCUT2D eigenvalue weighted by molar-refractivity contribution is 0.0696. The SMILES string of the molecule is COc1cc(C(=O)O)cc(S(=O)(=O)Cl)c1C. The molecular weight excluding hydrogens is 256 g/mol. The van der Waals surface area contributed by atoms with Crippen molar-refractivity contribution in [3.05, 3.63) is 23.3 Å². The average Bonchev–Trinajstić information content (AvgIpc) is 2.15. The molecule has 0 saturated carbocycles.